The van der Waals surface area contributed by atoms with Crippen LogP contribution in [0, 0.1) is 5.92 Å². The van der Waals surface area contributed by atoms with Gasteiger partial charge in [0.15, 0.2) is 13.6 Å². The molecule has 1 fully saturated rings. The molecule has 7 heteroatoms. The zero-order chi connectivity index (χ0) is 18.2. The predicted molar refractivity (Wildman–Crippen MR) is 91.3 cm³/mol. The Morgan fingerprint density at radius 3 is 2.52 bits per heavy atom. The van der Waals surface area contributed by atoms with Crippen LogP contribution in [0.4, 0.5) is 0 Å². The number of carbonyl (C=O) groups is 1. The number of benzene rings is 1. The molecule has 1 amide bonds. The molecule has 1 aliphatic rings. The van der Waals surface area contributed by atoms with Gasteiger partial charge in [0.2, 0.25) is 5.91 Å². The van der Waals surface area contributed by atoms with Crippen LogP contribution in [0.1, 0.15) is 30.7 Å². The Morgan fingerprint density at radius 2 is 1.84 bits per heavy atom. The van der Waals surface area contributed by atoms with Crippen LogP contribution in [0.15, 0.2) is 18.2 Å². The summed E-state index contributed by atoms with van der Waals surface area (Å²) in [5.74, 6) is 1.26. The molecule has 0 aromatic heterocycles. The first kappa shape index (κ1) is 19.5. The first-order valence-corrected chi connectivity index (χ1v) is 8.31. The van der Waals surface area contributed by atoms with E-state index in [-0.39, 0.29) is 31.3 Å². The van der Waals surface area contributed by atoms with Crippen molar-refractivity contribution in [2.45, 2.75) is 25.2 Å². The molecule has 0 unspecified atom stereocenters. The zero-order valence-corrected chi connectivity index (χ0v) is 15.3. The van der Waals surface area contributed by atoms with Crippen LogP contribution in [0.5, 0.6) is 11.5 Å². The number of carbonyl (C=O) groups excluding carboxylic acids is 1. The van der Waals surface area contributed by atoms with Crippen molar-refractivity contribution in [1.29, 1.82) is 0 Å². The van der Waals surface area contributed by atoms with Crippen LogP contribution >= 0.6 is 0 Å². The van der Waals surface area contributed by atoms with Crippen molar-refractivity contribution in [1.82, 2.24) is 5.06 Å². The van der Waals surface area contributed by atoms with E-state index in [1.165, 1.54) is 12.2 Å². The SMILES string of the molecule is COCOc1ccc(OCOC)c([C@@H]2CCC[C@@H]2C(=O)N(C)OC)c1. The molecule has 0 saturated heterocycles. The second-order valence-corrected chi connectivity index (χ2v) is 5.96. The minimum absolute atomic E-state index is 0.0223. The highest BCUT2D eigenvalue weighted by atomic mass is 16.7. The van der Waals surface area contributed by atoms with Gasteiger partial charge in [-0.05, 0) is 37.0 Å². The maximum atomic E-state index is 12.6. The number of ether oxygens (including phenoxy) is 4. The van der Waals surface area contributed by atoms with Crippen LogP contribution in [0.3, 0.4) is 0 Å². The summed E-state index contributed by atoms with van der Waals surface area (Å²) in [5.41, 5.74) is 0.950. The lowest BCUT2D eigenvalue weighted by Gasteiger charge is -2.25. The molecule has 2 rings (SSSR count). The zero-order valence-electron chi connectivity index (χ0n) is 15.3. The summed E-state index contributed by atoms with van der Waals surface area (Å²) in [6, 6.07) is 5.59. The number of nitrogens with zero attached hydrogens (tertiary/aromatic N) is 1. The van der Waals surface area contributed by atoms with Crippen LogP contribution in [-0.4, -0.2) is 52.9 Å². The fraction of sp³-hybridized carbons (Fsp3) is 0.611. The van der Waals surface area contributed by atoms with Gasteiger partial charge in [-0.1, -0.05) is 6.42 Å². The van der Waals surface area contributed by atoms with E-state index in [0.29, 0.717) is 11.5 Å². The van der Waals surface area contributed by atoms with Gasteiger partial charge in [-0.25, -0.2) is 5.06 Å². The third kappa shape index (κ3) is 4.84. The molecule has 0 radical (unpaired) electrons. The summed E-state index contributed by atoms with van der Waals surface area (Å²) in [4.78, 5) is 17.7. The van der Waals surface area contributed by atoms with Crippen LogP contribution < -0.4 is 9.47 Å². The smallest absolute Gasteiger partial charge is 0.249 e. The topological polar surface area (TPSA) is 66.5 Å². The van der Waals surface area contributed by atoms with Gasteiger partial charge in [0.1, 0.15) is 11.5 Å². The highest BCUT2D eigenvalue weighted by Crippen LogP contribution is 2.45. The van der Waals surface area contributed by atoms with Crippen LogP contribution in [0.2, 0.25) is 0 Å². The fourth-order valence-electron chi connectivity index (χ4n) is 3.24. The van der Waals surface area contributed by atoms with Gasteiger partial charge in [-0.3, -0.25) is 9.63 Å². The van der Waals surface area contributed by atoms with Crippen molar-refractivity contribution in [3.05, 3.63) is 23.8 Å². The van der Waals surface area contributed by atoms with E-state index in [2.05, 4.69) is 0 Å². The van der Waals surface area contributed by atoms with Gasteiger partial charge >= 0.3 is 0 Å². The largest absolute Gasteiger partial charge is 0.468 e. The average Bonchev–Trinajstić information content (AvgIpc) is 3.13. The minimum atomic E-state index is -0.146. The van der Waals surface area contributed by atoms with Crippen LogP contribution in [-0.2, 0) is 19.1 Å². The molecule has 0 N–H and O–H groups in total. The quantitative estimate of drug-likeness (QED) is 0.502. The maximum absolute atomic E-state index is 12.6. The van der Waals surface area contributed by atoms with Crippen molar-refractivity contribution >= 4 is 5.91 Å². The first-order chi connectivity index (χ1) is 12.1. The summed E-state index contributed by atoms with van der Waals surface area (Å²) < 4.78 is 21.2. The third-order valence-electron chi connectivity index (χ3n) is 4.47. The van der Waals surface area contributed by atoms with E-state index in [4.69, 9.17) is 23.8 Å². The maximum Gasteiger partial charge on any atom is 0.249 e. The Morgan fingerprint density at radius 1 is 1.12 bits per heavy atom. The molecule has 140 valence electrons. The highest BCUT2D eigenvalue weighted by molar-refractivity contribution is 5.79. The number of hydrogen-bond donors (Lipinski definition) is 0. The van der Waals surface area contributed by atoms with Gasteiger partial charge in [-0.2, -0.15) is 0 Å². The second-order valence-electron chi connectivity index (χ2n) is 5.96. The summed E-state index contributed by atoms with van der Waals surface area (Å²) >= 11 is 0. The third-order valence-corrected chi connectivity index (χ3v) is 4.47. The first-order valence-electron chi connectivity index (χ1n) is 8.31. The molecule has 25 heavy (non-hydrogen) atoms. The molecule has 2 atom stereocenters. The van der Waals surface area contributed by atoms with Gasteiger partial charge < -0.3 is 18.9 Å². The van der Waals surface area contributed by atoms with E-state index in [1.807, 2.05) is 18.2 Å². The summed E-state index contributed by atoms with van der Waals surface area (Å²) in [7, 11) is 6.28. The lowest BCUT2D eigenvalue weighted by Crippen LogP contribution is -2.33. The van der Waals surface area contributed by atoms with E-state index >= 15 is 0 Å². The van der Waals surface area contributed by atoms with E-state index in [0.717, 1.165) is 24.8 Å². The van der Waals surface area contributed by atoms with Crippen molar-refractivity contribution in [2.75, 3.05) is 42.0 Å². The predicted octanol–water partition coefficient (Wildman–Crippen LogP) is 2.56. The van der Waals surface area contributed by atoms with E-state index in [9.17, 15) is 4.79 Å². The molecule has 0 bridgehead atoms. The molecule has 1 aromatic carbocycles. The molecule has 1 aromatic rings. The normalized spacial score (nSPS) is 19.7. The van der Waals surface area contributed by atoms with Crippen molar-refractivity contribution in [3.63, 3.8) is 0 Å². The number of hydrogen-bond acceptors (Lipinski definition) is 6. The molecule has 0 heterocycles. The minimum Gasteiger partial charge on any atom is -0.468 e. The van der Waals surface area contributed by atoms with Crippen molar-refractivity contribution in [2.24, 2.45) is 5.92 Å². The van der Waals surface area contributed by atoms with Gasteiger partial charge in [-0.15, -0.1) is 0 Å². The average molecular weight is 353 g/mol. The Kier molecular flexibility index (Phi) is 7.49. The lowest BCUT2D eigenvalue weighted by atomic mass is 9.87. The second kappa shape index (κ2) is 9.60. The number of hydroxylamine groups is 2. The Hall–Kier alpha value is -1.83. The van der Waals surface area contributed by atoms with Crippen molar-refractivity contribution < 1.29 is 28.6 Å². The van der Waals surface area contributed by atoms with Gasteiger partial charge in [0.05, 0.1) is 7.11 Å². The summed E-state index contributed by atoms with van der Waals surface area (Å²) in [6.07, 6.45) is 2.71. The molecule has 0 spiro atoms. The van der Waals surface area contributed by atoms with E-state index < -0.39 is 0 Å². The van der Waals surface area contributed by atoms with E-state index in [1.54, 1.807) is 21.3 Å². The fourth-order valence-corrected chi connectivity index (χ4v) is 3.24. The van der Waals surface area contributed by atoms with Crippen LogP contribution in [0.25, 0.3) is 0 Å². The summed E-state index contributed by atoms with van der Waals surface area (Å²) in [5, 5.41) is 1.30. The Labute approximate surface area is 148 Å². The van der Waals surface area contributed by atoms with Crippen molar-refractivity contribution in [3.8, 4) is 11.5 Å². The Balaban J connectivity index is 2.30. The number of rotatable bonds is 9. The molecular formula is C18H27NO6. The Bertz CT molecular complexity index is 564. The highest BCUT2D eigenvalue weighted by Gasteiger charge is 2.37. The molecular weight excluding hydrogens is 326 g/mol. The number of methoxy groups -OCH3 is 2. The summed E-state index contributed by atoms with van der Waals surface area (Å²) in [6.45, 7) is 0.311. The number of amides is 1. The van der Waals surface area contributed by atoms with Gasteiger partial charge in [0, 0.05) is 32.7 Å². The monoisotopic (exact) mass is 353 g/mol. The molecule has 1 aliphatic carbocycles. The lowest BCUT2D eigenvalue weighted by molar-refractivity contribution is -0.173. The molecule has 1 saturated carbocycles. The van der Waals surface area contributed by atoms with Gasteiger partial charge in [0.25, 0.3) is 0 Å². The molecule has 0 aliphatic heterocycles. The standard InChI is InChI=1S/C18H27NO6/c1-19(23-4)18(20)15-7-5-6-14(15)16-10-13(24-11-21-2)8-9-17(16)25-12-22-3/h8-10,14-15H,5-7,11-12H2,1-4H3/t14-,15+/m1/s1. The molecule has 7 nitrogen and oxygen atoms in total.